The molecule has 128 valence electrons. The van der Waals surface area contributed by atoms with E-state index < -0.39 is 5.97 Å². The molecule has 0 bridgehead atoms. The Morgan fingerprint density at radius 3 is 2.00 bits per heavy atom. The quantitative estimate of drug-likeness (QED) is 0.201. The van der Waals surface area contributed by atoms with Crippen molar-refractivity contribution in [2.75, 3.05) is 13.2 Å². The average Bonchev–Trinajstić information content (AvgIpc) is 3.22. The third-order valence-electron chi connectivity index (χ3n) is 2.16. The second-order valence-electron chi connectivity index (χ2n) is 3.81. The minimum atomic E-state index is -0.500. The van der Waals surface area contributed by atoms with Crippen LogP contribution in [-0.2, 0) is 36.1 Å². The minimum Gasteiger partial charge on any atom is -0.748 e. The van der Waals surface area contributed by atoms with Crippen molar-refractivity contribution in [3.8, 4) is 0 Å². The molecule has 0 amide bonds. The van der Waals surface area contributed by atoms with Crippen molar-refractivity contribution in [1.82, 2.24) is 0 Å². The molecule has 0 heterocycles. The van der Waals surface area contributed by atoms with Gasteiger partial charge in [-0.15, -0.1) is 0 Å². The van der Waals surface area contributed by atoms with Gasteiger partial charge >= 0.3 is 12.4 Å². The van der Waals surface area contributed by atoms with Gasteiger partial charge in [-0.2, -0.15) is 18.2 Å². The third-order valence-corrected chi connectivity index (χ3v) is 2.16. The largest absolute Gasteiger partial charge is 0.748 e. The van der Waals surface area contributed by atoms with Crippen LogP contribution in [0.15, 0.2) is 60.7 Å². The fourth-order valence-corrected chi connectivity index (χ4v) is 1.22. The zero-order chi connectivity index (χ0) is 15.6. The summed E-state index contributed by atoms with van der Waals surface area (Å²) >= 11 is 0. The molecule has 0 saturated heterocycles. The standard InChI is InChI=1S/C7H12O4.2C5H5.Fe/c1-2-10-5-3-4-7(9)11-6-8;2*1-2-4-5-3-1;/h6H,2-5H2,1H3;2*1-5H;/q;-5;-1;. The number of hydrogen-bond acceptors (Lipinski definition) is 4. The van der Waals surface area contributed by atoms with Crippen LogP contribution in [0.2, 0.25) is 0 Å². The maximum absolute atomic E-state index is 10.5. The molecule has 0 atom stereocenters. The molecule has 2 rings (SSSR count). The first-order chi connectivity index (χ1) is 10.3. The summed E-state index contributed by atoms with van der Waals surface area (Å²) < 4.78 is 9.01. The van der Waals surface area contributed by atoms with Gasteiger partial charge in [-0.1, -0.05) is 0 Å². The van der Waals surface area contributed by atoms with Crippen LogP contribution in [0.5, 0.6) is 0 Å². The number of hydrogen-bond donors (Lipinski definition) is 0. The van der Waals surface area contributed by atoms with Crippen LogP contribution < -0.4 is 0 Å². The zero-order valence-electron chi connectivity index (χ0n) is 12.7. The van der Waals surface area contributed by atoms with E-state index in [1.54, 1.807) is 0 Å². The average molecular weight is 346 g/mol. The molecule has 0 aliphatic rings. The molecule has 0 fully saturated rings. The molecule has 2 aromatic carbocycles. The van der Waals surface area contributed by atoms with Gasteiger partial charge in [0.25, 0.3) is 0 Å². The van der Waals surface area contributed by atoms with Crippen molar-refractivity contribution in [2.24, 2.45) is 0 Å². The summed E-state index contributed by atoms with van der Waals surface area (Å²) in [6, 6.07) is 20.0. The summed E-state index contributed by atoms with van der Waals surface area (Å²) in [5.74, 6) is -0.500. The van der Waals surface area contributed by atoms with E-state index in [9.17, 15) is 9.59 Å². The Morgan fingerprint density at radius 2 is 1.64 bits per heavy atom. The Hall–Kier alpha value is -1.68. The van der Waals surface area contributed by atoms with Crippen molar-refractivity contribution in [2.45, 2.75) is 19.8 Å². The van der Waals surface area contributed by atoms with E-state index in [-0.39, 0.29) is 30.0 Å². The zero-order valence-corrected chi connectivity index (χ0v) is 13.8. The van der Waals surface area contributed by atoms with E-state index in [4.69, 9.17) is 4.74 Å². The van der Waals surface area contributed by atoms with Gasteiger partial charge in [-0.25, -0.2) is 12.1 Å². The fourth-order valence-electron chi connectivity index (χ4n) is 1.22. The molecule has 0 saturated carbocycles. The van der Waals surface area contributed by atoms with E-state index in [2.05, 4.69) is 4.74 Å². The summed E-state index contributed by atoms with van der Waals surface area (Å²) in [5.41, 5.74) is 0. The van der Waals surface area contributed by atoms with E-state index in [1.165, 1.54) is 0 Å². The maximum Gasteiger partial charge on any atom is 0.313 e. The van der Waals surface area contributed by atoms with E-state index in [0.29, 0.717) is 19.6 Å². The van der Waals surface area contributed by atoms with Crippen LogP contribution >= 0.6 is 0 Å². The Kier molecular flexibility index (Phi) is 19.8. The number of ether oxygens (including phenoxy) is 2. The molecule has 0 aliphatic heterocycles. The van der Waals surface area contributed by atoms with Crippen molar-refractivity contribution in [3.05, 3.63) is 60.7 Å². The summed E-state index contributed by atoms with van der Waals surface area (Å²) in [6.45, 7) is 3.19. The number of rotatable bonds is 6. The summed E-state index contributed by atoms with van der Waals surface area (Å²) in [6.07, 6.45) is 0.833. The molecule has 0 aliphatic carbocycles. The van der Waals surface area contributed by atoms with Gasteiger partial charge in [0.2, 0.25) is 0 Å². The first kappa shape index (κ1) is 22.6. The second-order valence-corrected chi connectivity index (χ2v) is 3.81. The molecule has 0 unspecified atom stereocenters. The third kappa shape index (κ3) is 18.3. The van der Waals surface area contributed by atoms with Crippen molar-refractivity contribution in [3.63, 3.8) is 0 Å². The molecular weight excluding hydrogens is 324 g/mol. The molecule has 22 heavy (non-hydrogen) atoms. The summed E-state index contributed by atoms with van der Waals surface area (Å²) in [4.78, 5) is 20.1. The molecule has 4 nitrogen and oxygen atoms in total. The molecule has 5 heteroatoms. The Bertz CT molecular complexity index is 349. The van der Waals surface area contributed by atoms with Gasteiger partial charge in [0.05, 0.1) is 0 Å². The second kappa shape index (κ2) is 19.3. The van der Waals surface area contributed by atoms with Crippen molar-refractivity contribution < 1.29 is 36.1 Å². The van der Waals surface area contributed by atoms with Gasteiger partial charge in [0.1, 0.15) is 0 Å². The predicted octanol–water partition coefficient (Wildman–Crippen LogP) is 3.31. The van der Waals surface area contributed by atoms with E-state index in [1.807, 2.05) is 67.6 Å². The Balaban J connectivity index is 0. The van der Waals surface area contributed by atoms with Gasteiger partial charge in [0.15, 0.2) is 0 Å². The van der Waals surface area contributed by atoms with Gasteiger partial charge < -0.3 is 39.8 Å². The van der Waals surface area contributed by atoms with Crippen molar-refractivity contribution in [1.29, 1.82) is 0 Å². The number of esters is 1. The smallest absolute Gasteiger partial charge is 0.313 e. The molecule has 0 N–H and O–H groups in total. The van der Waals surface area contributed by atoms with E-state index in [0.717, 1.165) is 0 Å². The number of carbonyl (C=O) groups is 2. The topological polar surface area (TPSA) is 52.6 Å². The molecule has 2 aromatic rings. The predicted molar refractivity (Wildman–Crippen MR) is 82.0 cm³/mol. The maximum atomic E-state index is 10.5. The Morgan fingerprint density at radius 1 is 1.09 bits per heavy atom. The molecule has 0 radical (unpaired) electrons. The van der Waals surface area contributed by atoms with Crippen LogP contribution in [0.4, 0.5) is 0 Å². The number of carbonyl (C=O) groups excluding carboxylic acids is 2. The van der Waals surface area contributed by atoms with Crippen LogP contribution in [0.1, 0.15) is 19.8 Å². The van der Waals surface area contributed by atoms with Crippen LogP contribution in [0, 0.1) is 0 Å². The first-order valence-electron chi connectivity index (χ1n) is 6.85. The molecule has 0 spiro atoms. The monoisotopic (exact) mass is 346 g/mol. The molecule has 0 aromatic heterocycles. The molecular formula is C17H22FeO4-6. The van der Waals surface area contributed by atoms with Crippen molar-refractivity contribution >= 4 is 12.4 Å². The van der Waals surface area contributed by atoms with Crippen LogP contribution in [0.25, 0.3) is 0 Å². The summed E-state index contributed by atoms with van der Waals surface area (Å²) in [5, 5.41) is 0. The van der Waals surface area contributed by atoms with Gasteiger partial charge in [-0.3, -0.25) is 9.59 Å². The first-order valence-corrected chi connectivity index (χ1v) is 6.85. The van der Waals surface area contributed by atoms with Crippen LogP contribution in [-0.4, -0.2) is 25.7 Å². The van der Waals surface area contributed by atoms with Gasteiger partial charge in [0, 0.05) is 36.7 Å². The van der Waals surface area contributed by atoms with E-state index >= 15 is 0 Å². The SMILES string of the molecule is CCOCCCC(=O)OC=O.[Fe].[cH-]1[cH-][cH-][cH-][cH-]1.c1cc[cH-]c1. The van der Waals surface area contributed by atoms with Crippen LogP contribution in [0.3, 0.4) is 0 Å². The fraction of sp³-hybridized carbons (Fsp3) is 0.294. The Labute approximate surface area is 142 Å². The summed E-state index contributed by atoms with van der Waals surface area (Å²) in [7, 11) is 0. The van der Waals surface area contributed by atoms with Gasteiger partial charge in [-0.05, 0) is 13.3 Å². The normalized spacial score (nSPS) is 8.23. The minimum absolute atomic E-state index is 0.